The zero-order chi connectivity index (χ0) is 16.2. The average molecular weight is 331 g/mol. The highest BCUT2D eigenvalue weighted by molar-refractivity contribution is 7.98. The predicted molar refractivity (Wildman–Crippen MR) is 83.3 cm³/mol. The average Bonchev–Trinajstić information content (AvgIpc) is 2.97. The third-order valence-electron chi connectivity index (χ3n) is 3.12. The summed E-state index contributed by atoms with van der Waals surface area (Å²) in [6.45, 7) is 1.65. The maximum absolute atomic E-state index is 11.8. The topological polar surface area (TPSA) is 118 Å². The number of nitrogens with zero attached hydrogens (tertiary/aromatic N) is 3. The van der Waals surface area contributed by atoms with Gasteiger partial charge in [-0.15, -0.1) is 10.2 Å². The van der Waals surface area contributed by atoms with Gasteiger partial charge in [-0.05, 0) is 18.6 Å². The number of hydrogen-bond acceptors (Lipinski definition) is 7. The Kier molecular flexibility index (Phi) is 4.38. The third-order valence-corrected chi connectivity index (χ3v) is 4.01. The third kappa shape index (κ3) is 3.75. The van der Waals surface area contributed by atoms with Crippen LogP contribution in [0.1, 0.15) is 22.7 Å². The standard InChI is InChI=1S/C14H13N5O3S/c1-8-10(12(20)17-13(21)16-8)5-11-18-19-14(22-11)23-7-9-3-2-4-15-6-9/h2-4,6H,5,7H2,1H3,(H2,16,17,20,21). The number of H-pyrrole nitrogens is 2. The quantitative estimate of drug-likeness (QED) is 0.670. The van der Waals surface area contributed by atoms with Crippen molar-refractivity contribution in [3.8, 4) is 0 Å². The molecule has 0 atom stereocenters. The number of hydrogen-bond donors (Lipinski definition) is 2. The van der Waals surface area contributed by atoms with Crippen LogP contribution in [0.15, 0.2) is 43.8 Å². The fourth-order valence-corrected chi connectivity index (χ4v) is 2.70. The molecule has 0 fully saturated rings. The van der Waals surface area contributed by atoms with E-state index in [0.717, 1.165) is 5.56 Å². The zero-order valence-electron chi connectivity index (χ0n) is 12.2. The molecular weight excluding hydrogens is 318 g/mol. The molecule has 0 saturated heterocycles. The van der Waals surface area contributed by atoms with Gasteiger partial charge in [0.1, 0.15) is 0 Å². The van der Waals surface area contributed by atoms with Crippen LogP contribution in [0, 0.1) is 6.92 Å². The Balaban J connectivity index is 1.70. The van der Waals surface area contributed by atoms with Gasteiger partial charge < -0.3 is 9.40 Å². The summed E-state index contributed by atoms with van der Waals surface area (Å²) in [5.41, 5.74) is 0.951. The summed E-state index contributed by atoms with van der Waals surface area (Å²) in [6.07, 6.45) is 3.65. The number of rotatable bonds is 5. The molecule has 2 N–H and O–H groups in total. The minimum Gasteiger partial charge on any atom is -0.416 e. The molecule has 0 aliphatic carbocycles. The van der Waals surface area contributed by atoms with Crippen LogP contribution in [0.25, 0.3) is 0 Å². The van der Waals surface area contributed by atoms with Crippen LogP contribution in [0.2, 0.25) is 0 Å². The lowest BCUT2D eigenvalue weighted by atomic mass is 10.2. The van der Waals surface area contributed by atoms with Gasteiger partial charge in [0.05, 0.1) is 6.42 Å². The molecule has 0 aliphatic heterocycles. The van der Waals surface area contributed by atoms with Gasteiger partial charge in [0.25, 0.3) is 10.8 Å². The van der Waals surface area contributed by atoms with Crippen molar-refractivity contribution < 1.29 is 4.42 Å². The first-order valence-corrected chi connectivity index (χ1v) is 7.76. The molecule has 9 heteroatoms. The summed E-state index contributed by atoms with van der Waals surface area (Å²) < 4.78 is 5.53. The Morgan fingerprint density at radius 3 is 2.87 bits per heavy atom. The Labute approximate surface area is 134 Å². The Hall–Kier alpha value is -2.68. The van der Waals surface area contributed by atoms with Crippen LogP contribution in [-0.4, -0.2) is 25.1 Å². The van der Waals surface area contributed by atoms with E-state index in [9.17, 15) is 9.59 Å². The molecule has 3 heterocycles. The maximum Gasteiger partial charge on any atom is 0.325 e. The van der Waals surface area contributed by atoms with Crippen LogP contribution in [0.4, 0.5) is 0 Å². The van der Waals surface area contributed by atoms with Crippen molar-refractivity contribution in [1.82, 2.24) is 25.1 Å². The van der Waals surface area contributed by atoms with E-state index >= 15 is 0 Å². The fourth-order valence-electron chi connectivity index (χ4n) is 1.99. The molecular formula is C14H13N5O3S. The molecule has 3 aromatic rings. The number of aromatic nitrogens is 5. The molecule has 8 nitrogen and oxygen atoms in total. The minimum absolute atomic E-state index is 0.165. The van der Waals surface area contributed by atoms with E-state index in [1.54, 1.807) is 19.3 Å². The second-order valence-electron chi connectivity index (χ2n) is 4.80. The lowest BCUT2D eigenvalue weighted by Crippen LogP contribution is -2.27. The largest absolute Gasteiger partial charge is 0.416 e. The van der Waals surface area contributed by atoms with Gasteiger partial charge in [0.2, 0.25) is 5.89 Å². The van der Waals surface area contributed by atoms with E-state index in [2.05, 4.69) is 25.1 Å². The summed E-state index contributed by atoms with van der Waals surface area (Å²) >= 11 is 1.39. The van der Waals surface area contributed by atoms with Gasteiger partial charge in [-0.2, -0.15) is 0 Å². The lowest BCUT2D eigenvalue weighted by molar-refractivity contribution is 0.419. The van der Waals surface area contributed by atoms with E-state index in [1.807, 2.05) is 12.1 Å². The summed E-state index contributed by atoms with van der Waals surface area (Å²) in [7, 11) is 0. The van der Waals surface area contributed by atoms with Gasteiger partial charge in [-0.3, -0.25) is 14.8 Å². The van der Waals surface area contributed by atoms with Crippen molar-refractivity contribution >= 4 is 11.8 Å². The van der Waals surface area contributed by atoms with E-state index in [1.165, 1.54) is 11.8 Å². The van der Waals surface area contributed by atoms with Crippen LogP contribution in [0.5, 0.6) is 0 Å². The Bertz CT molecular complexity index is 916. The van der Waals surface area contributed by atoms with E-state index in [-0.39, 0.29) is 6.42 Å². The number of aromatic amines is 2. The molecule has 0 radical (unpaired) electrons. The molecule has 0 unspecified atom stereocenters. The van der Waals surface area contributed by atoms with Crippen LogP contribution in [0.3, 0.4) is 0 Å². The first kappa shape index (κ1) is 15.2. The predicted octanol–water partition coefficient (Wildman–Crippen LogP) is 1.03. The molecule has 0 amide bonds. The Morgan fingerprint density at radius 2 is 2.13 bits per heavy atom. The molecule has 3 rings (SSSR count). The Morgan fingerprint density at radius 1 is 1.26 bits per heavy atom. The van der Waals surface area contributed by atoms with Crippen molar-refractivity contribution in [2.24, 2.45) is 0 Å². The molecule has 0 bridgehead atoms. The van der Waals surface area contributed by atoms with Crippen molar-refractivity contribution in [3.05, 3.63) is 68.1 Å². The highest BCUT2D eigenvalue weighted by Crippen LogP contribution is 2.21. The lowest BCUT2D eigenvalue weighted by Gasteiger charge is -2.00. The van der Waals surface area contributed by atoms with Crippen LogP contribution >= 0.6 is 11.8 Å². The maximum atomic E-state index is 11.8. The summed E-state index contributed by atoms with van der Waals surface area (Å²) in [5, 5.41) is 8.30. The fraction of sp³-hybridized carbons (Fsp3) is 0.214. The van der Waals surface area contributed by atoms with Gasteiger partial charge in [-0.25, -0.2) is 4.79 Å². The number of pyridine rings is 1. The molecule has 3 aromatic heterocycles. The van der Waals surface area contributed by atoms with E-state index in [0.29, 0.717) is 28.1 Å². The van der Waals surface area contributed by atoms with Crippen molar-refractivity contribution in [1.29, 1.82) is 0 Å². The van der Waals surface area contributed by atoms with Gasteiger partial charge >= 0.3 is 5.69 Å². The summed E-state index contributed by atoms with van der Waals surface area (Å²) in [5.74, 6) is 0.979. The second-order valence-corrected chi connectivity index (χ2v) is 5.73. The van der Waals surface area contributed by atoms with Gasteiger partial charge in [0, 0.05) is 29.4 Å². The molecule has 23 heavy (non-hydrogen) atoms. The van der Waals surface area contributed by atoms with Crippen molar-refractivity contribution in [3.63, 3.8) is 0 Å². The monoisotopic (exact) mass is 331 g/mol. The number of thioether (sulfide) groups is 1. The molecule has 0 spiro atoms. The molecule has 0 aliphatic rings. The van der Waals surface area contributed by atoms with E-state index < -0.39 is 11.2 Å². The van der Waals surface area contributed by atoms with Crippen LogP contribution in [-0.2, 0) is 12.2 Å². The summed E-state index contributed by atoms with van der Waals surface area (Å²) in [4.78, 5) is 31.7. The molecule has 118 valence electrons. The number of aryl methyl sites for hydroxylation is 1. The zero-order valence-corrected chi connectivity index (χ0v) is 13.0. The van der Waals surface area contributed by atoms with Crippen molar-refractivity contribution in [2.45, 2.75) is 24.3 Å². The van der Waals surface area contributed by atoms with Gasteiger partial charge in [-0.1, -0.05) is 17.8 Å². The van der Waals surface area contributed by atoms with Crippen LogP contribution < -0.4 is 11.2 Å². The first-order chi connectivity index (χ1) is 11.1. The highest BCUT2D eigenvalue weighted by atomic mass is 32.2. The van der Waals surface area contributed by atoms with E-state index in [4.69, 9.17) is 4.42 Å². The molecule has 0 aromatic carbocycles. The number of nitrogens with one attached hydrogen (secondary N) is 2. The normalized spacial score (nSPS) is 10.8. The van der Waals surface area contributed by atoms with Crippen molar-refractivity contribution in [2.75, 3.05) is 0 Å². The smallest absolute Gasteiger partial charge is 0.325 e. The second kappa shape index (κ2) is 6.61. The first-order valence-electron chi connectivity index (χ1n) is 6.78. The highest BCUT2D eigenvalue weighted by Gasteiger charge is 2.13. The minimum atomic E-state index is -0.533. The summed E-state index contributed by atoms with van der Waals surface area (Å²) in [6, 6.07) is 3.82. The van der Waals surface area contributed by atoms with Gasteiger partial charge in [0.15, 0.2) is 0 Å². The molecule has 0 saturated carbocycles. The SMILES string of the molecule is Cc1[nH]c(=O)[nH]c(=O)c1Cc1nnc(SCc2cccnc2)o1.